The summed E-state index contributed by atoms with van der Waals surface area (Å²) in [6.07, 6.45) is 3.26. The summed E-state index contributed by atoms with van der Waals surface area (Å²) in [6.45, 7) is 0.674. The van der Waals surface area contributed by atoms with Gasteiger partial charge in [0, 0.05) is 24.5 Å². The fraction of sp³-hybridized carbons (Fsp3) is 0.176. The van der Waals surface area contributed by atoms with Gasteiger partial charge in [-0.2, -0.15) is 9.50 Å². The third kappa shape index (κ3) is 2.77. The van der Waals surface area contributed by atoms with Crippen molar-refractivity contribution in [3.8, 4) is 0 Å². The van der Waals surface area contributed by atoms with Crippen molar-refractivity contribution < 1.29 is 4.74 Å². The Morgan fingerprint density at radius 3 is 2.88 bits per heavy atom. The normalized spacial score (nSPS) is 11.4. The maximum absolute atomic E-state index is 12.8. The molecule has 0 fully saturated rings. The zero-order valence-corrected chi connectivity index (χ0v) is 14.1. The van der Waals surface area contributed by atoms with Crippen molar-refractivity contribution in [1.82, 2.24) is 24.1 Å². The van der Waals surface area contributed by atoms with Gasteiger partial charge in [-0.05, 0) is 17.7 Å². The zero-order valence-electron chi connectivity index (χ0n) is 13.4. The molecule has 0 amide bonds. The summed E-state index contributed by atoms with van der Waals surface area (Å²) in [5.41, 5.74) is 1.37. The van der Waals surface area contributed by atoms with Crippen molar-refractivity contribution in [2.75, 3.05) is 7.11 Å². The zero-order chi connectivity index (χ0) is 17.4. The van der Waals surface area contributed by atoms with Gasteiger partial charge in [0.25, 0.3) is 11.3 Å². The van der Waals surface area contributed by atoms with Crippen LogP contribution in [0.4, 0.5) is 0 Å². The molecular formula is C17H14ClN5O2. The average molecular weight is 356 g/mol. The standard InChI is InChI=1S/C17H14ClN5O2/c1-25-10-15-20-17-19-8-12-14(23(17)21-15)6-7-22(16(12)24)9-11-4-2-3-5-13(11)18/h2-8H,9-10H2,1H3. The van der Waals surface area contributed by atoms with E-state index in [4.69, 9.17) is 16.3 Å². The first kappa shape index (κ1) is 15.7. The number of aromatic nitrogens is 5. The second-order valence-electron chi connectivity index (χ2n) is 5.57. The van der Waals surface area contributed by atoms with E-state index in [1.807, 2.05) is 24.3 Å². The molecule has 25 heavy (non-hydrogen) atoms. The highest BCUT2D eigenvalue weighted by molar-refractivity contribution is 6.31. The van der Waals surface area contributed by atoms with E-state index in [0.717, 1.165) is 5.56 Å². The third-order valence-electron chi connectivity index (χ3n) is 3.92. The Hall–Kier alpha value is -2.77. The molecule has 0 aliphatic heterocycles. The van der Waals surface area contributed by atoms with Gasteiger partial charge in [0.15, 0.2) is 5.82 Å². The highest BCUT2D eigenvalue weighted by atomic mass is 35.5. The van der Waals surface area contributed by atoms with Crippen LogP contribution in [-0.2, 0) is 17.9 Å². The molecule has 4 rings (SSSR count). The van der Waals surface area contributed by atoms with Crippen LogP contribution in [0.15, 0.2) is 47.5 Å². The van der Waals surface area contributed by atoms with Gasteiger partial charge in [-0.25, -0.2) is 4.98 Å². The second kappa shape index (κ2) is 6.27. The maximum atomic E-state index is 12.8. The monoisotopic (exact) mass is 355 g/mol. The largest absolute Gasteiger partial charge is 0.377 e. The highest BCUT2D eigenvalue weighted by Crippen LogP contribution is 2.16. The summed E-state index contributed by atoms with van der Waals surface area (Å²) < 4.78 is 8.21. The summed E-state index contributed by atoms with van der Waals surface area (Å²) >= 11 is 6.19. The minimum atomic E-state index is -0.157. The van der Waals surface area contributed by atoms with Gasteiger partial charge in [0.05, 0.1) is 17.4 Å². The lowest BCUT2D eigenvalue weighted by atomic mass is 10.2. The van der Waals surface area contributed by atoms with Gasteiger partial charge in [-0.3, -0.25) is 4.79 Å². The van der Waals surface area contributed by atoms with Crippen molar-refractivity contribution >= 4 is 28.3 Å². The van der Waals surface area contributed by atoms with Crippen LogP contribution >= 0.6 is 11.6 Å². The molecule has 7 nitrogen and oxygen atoms in total. The Bertz CT molecular complexity index is 1130. The number of benzene rings is 1. The fourth-order valence-corrected chi connectivity index (χ4v) is 2.92. The summed E-state index contributed by atoms with van der Waals surface area (Å²) in [6, 6.07) is 9.28. The quantitative estimate of drug-likeness (QED) is 0.561. The van der Waals surface area contributed by atoms with Crippen LogP contribution < -0.4 is 5.56 Å². The average Bonchev–Trinajstić information content (AvgIpc) is 3.02. The van der Waals surface area contributed by atoms with Gasteiger partial charge in [0.2, 0.25) is 0 Å². The number of hydrogen-bond acceptors (Lipinski definition) is 5. The topological polar surface area (TPSA) is 74.3 Å². The molecule has 0 radical (unpaired) electrons. The van der Waals surface area contributed by atoms with Gasteiger partial charge < -0.3 is 9.30 Å². The molecule has 0 saturated carbocycles. The van der Waals surface area contributed by atoms with E-state index in [0.29, 0.717) is 34.1 Å². The van der Waals surface area contributed by atoms with Crippen LogP contribution in [-0.4, -0.2) is 31.3 Å². The van der Waals surface area contributed by atoms with Crippen LogP contribution in [0.25, 0.3) is 16.7 Å². The Morgan fingerprint density at radius 1 is 1.24 bits per heavy atom. The second-order valence-corrected chi connectivity index (χ2v) is 5.98. The number of hydrogen-bond donors (Lipinski definition) is 0. The van der Waals surface area contributed by atoms with E-state index in [1.54, 1.807) is 28.5 Å². The number of halogens is 1. The van der Waals surface area contributed by atoms with E-state index in [2.05, 4.69) is 15.1 Å². The van der Waals surface area contributed by atoms with Crippen molar-refractivity contribution in [3.05, 3.63) is 69.5 Å². The fourth-order valence-electron chi connectivity index (χ4n) is 2.73. The summed E-state index contributed by atoms with van der Waals surface area (Å²) in [5.74, 6) is 0.950. The number of ether oxygens (including phenoxy) is 1. The smallest absolute Gasteiger partial charge is 0.261 e. The van der Waals surface area contributed by atoms with Crippen LogP contribution in [0, 0.1) is 0 Å². The van der Waals surface area contributed by atoms with Gasteiger partial charge in [-0.1, -0.05) is 29.8 Å². The summed E-state index contributed by atoms with van der Waals surface area (Å²) in [5, 5.41) is 5.45. The number of nitrogens with zero attached hydrogens (tertiary/aromatic N) is 5. The Morgan fingerprint density at radius 2 is 2.08 bits per heavy atom. The van der Waals surface area contributed by atoms with Gasteiger partial charge in [0.1, 0.15) is 6.61 Å². The molecule has 0 atom stereocenters. The Kier molecular flexibility index (Phi) is 3.95. The first-order chi connectivity index (χ1) is 12.2. The van der Waals surface area contributed by atoms with Crippen molar-refractivity contribution in [2.45, 2.75) is 13.2 Å². The first-order valence-electron chi connectivity index (χ1n) is 7.63. The number of rotatable bonds is 4. The van der Waals surface area contributed by atoms with Crippen molar-refractivity contribution in [2.24, 2.45) is 0 Å². The predicted octanol–water partition coefficient (Wildman–Crippen LogP) is 2.29. The molecule has 0 saturated heterocycles. The van der Waals surface area contributed by atoms with E-state index in [1.165, 1.54) is 6.20 Å². The molecule has 126 valence electrons. The molecule has 8 heteroatoms. The molecule has 0 bridgehead atoms. The van der Waals surface area contributed by atoms with E-state index < -0.39 is 0 Å². The van der Waals surface area contributed by atoms with Crippen LogP contribution in [0.3, 0.4) is 0 Å². The minimum Gasteiger partial charge on any atom is -0.377 e. The van der Waals surface area contributed by atoms with Crippen LogP contribution in [0.5, 0.6) is 0 Å². The van der Waals surface area contributed by atoms with Crippen molar-refractivity contribution in [3.63, 3.8) is 0 Å². The van der Waals surface area contributed by atoms with Crippen molar-refractivity contribution in [1.29, 1.82) is 0 Å². The van der Waals surface area contributed by atoms with E-state index in [-0.39, 0.29) is 12.2 Å². The Balaban J connectivity index is 1.84. The lowest BCUT2D eigenvalue weighted by Gasteiger charge is -2.09. The molecule has 0 spiro atoms. The Labute approximate surface area is 147 Å². The summed E-state index contributed by atoms with van der Waals surface area (Å²) in [4.78, 5) is 21.3. The highest BCUT2D eigenvalue weighted by Gasteiger charge is 2.12. The third-order valence-corrected chi connectivity index (χ3v) is 4.29. The van der Waals surface area contributed by atoms with E-state index in [9.17, 15) is 4.79 Å². The molecule has 1 aromatic carbocycles. The van der Waals surface area contributed by atoms with Gasteiger partial charge in [-0.15, -0.1) is 5.10 Å². The number of fused-ring (bicyclic) bond motifs is 3. The predicted molar refractivity (Wildman–Crippen MR) is 93.8 cm³/mol. The molecule has 4 aromatic rings. The molecule has 0 N–H and O–H groups in total. The molecule has 0 aliphatic carbocycles. The maximum Gasteiger partial charge on any atom is 0.261 e. The lowest BCUT2D eigenvalue weighted by Crippen LogP contribution is -2.21. The van der Waals surface area contributed by atoms with Gasteiger partial charge >= 0.3 is 0 Å². The van der Waals surface area contributed by atoms with Crippen LogP contribution in [0.2, 0.25) is 5.02 Å². The number of pyridine rings is 1. The van der Waals surface area contributed by atoms with E-state index >= 15 is 0 Å². The minimum absolute atomic E-state index is 0.157. The molecule has 0 aliphatic rings. The number of methoxy groups -OCH3 is 1. The molecular weight excluding hydrogens is 342 g/mol. The molecule has 3 aromatic heterocycles. The molecule has 3 heterocycles. The SMILES string of the molecule is COCc1nc2ncc3c(=O)n(Cc4ccccc4Cl)ccc3n2n1. The summed E-state index contributed by atoms with van der Waals surface area (Å²) in [7, 11) is 1.57. The molecule has 0 unspecified atom stereocenters. The first-order valence-corrected chi connectivity index (χ1v) is 8.01. The lowest BCUT2D eigenvalue weighted by molar-refractivity contribution is 0.178. The van der Waals surface area contributed by atoms with Crippen LogP contribution in [0.1, 0.15) is 11.4 Å².